The first-order chi connectivity index (χ1) is 8.01. The molecule has 0 aromatic carbocycles. The molecular formula is C10H9Cl2F2NO2. The van der Waals surface area contributed by atoms with Crippen LogP contribution >= 0.6 is 23.2 Å². The van der Waals surface area contributed by atoms with Crippen molar-refractivity contribution < 1.29 is 18.3 Å². The Kier molecular flexibility index (Phi) is 5.08. The summed E-state index contributed by atoms with van der Waals surface area (Å²) < 4.78 is 30.2. The van der Waals surface area contributed by atoms with Crippen molar-refractivity contribution in [2.24, 2.45) is 0 Å². The lowest BCUT2D eigenvalue weighted by molar-refractivity contribution is -0.139. The van der Waals surface area contributed by atoms with E-state index in [4.69, 9.17) is 23.2 Å². The van der Waals surface area contributed by atoms with Crippen molar-refractivity contribution in [3.63, 3.8) is 0 Å². The van der Waals surface area contributed by atoms with E-state index >= 15 is 0 Å². The van der Waals surface area contributed by atoms with E-state index in [0.29, 0.717) is 0 Å². The number of alkyl halides is 3. The molecule has 0 atom stereocenters. The average molecular weight is 284 g/mol. The van der Waals surface area contributed by atoms with Crippen LogP contribution in [0.4, 0.5) is 8.78 Å². The summed E-state index contributed by atoms with van der Waals surface area (Å²) in [6, 6.07) is 0. The largest absolute Gasteiger partial charge is 0.469 e. The van der Waals surface area contributed by atoms with Crippen molar-refractivity contribution in [2.45, 2.75) is 18.7 Å². The van der Waals surface area contributed by atoms with Crippen LogP contribution in [0.5, 0.6) is 0 Å². The molecule has 17 heavy (non-hydrogen) atoms. The van der Waals surface area contributed by atoms with Crippen LogP contribution in [0, 0.1) is 0 Å². The van der Waals surface area contributed by atoms with Gasteiger partial charge in [0.2, 0.25) is 0 Å². The van der Waals surface area contributed by atoms with Crippen LogP contribution in [0.25, 0.3) is 0 Å². The summed E-state index contributed by atoms with van der Waals surface area (Å²) in [5.41, 5.74) is -0.220. The minimum absolute atomic E-state index is 0.0461. The van der Waals surface area contributed by atoms with Gasteiger partial charge in [-0.3, -0.25) is 4.79 Å². The summed E-state index contributed by atoms with van der Waals surface area (Å²) in [6.07, 6.45) is -1.93. The topological polar surface area (TPSA) is 39.2 Å². The molecule has 3 nitrogen and oxygen atoms in total. The minimum Gasteiger partial charge on any atom is -0.469 e. The average Bonchev–Trinajstić information content (AvgIpc) is 2.30. The van der Waals surface area contributed by atoms with E-state index in [0.717, 1.165) is 6.20 Å². The van der Waals surface area contributed by atoms with E-state index in [2.05, 4.69) is 9.72 Å². The molecule has 0 saturated heterocycles. The van der Waals surface area contributed by atoms with Gasteiger partial charge in [0.1, 0.15) is 5.15 Å². The van der Waals surface area contributed by atoms with E-state index in [1.54, 1.807) is 0 Å². The van der Waals surface area contributed by atoms with Crippen LogP contribution in [0.1, 0.15) is 23.1 Å². The molecule has 0 saturated carbocycles. The standard InChI is InChI=1S/C10H9Cl2F2NO2/c1-17-7(16)2-5-4-15-9(12)6(3-11)8(5)10(13)14/h4,10H,2-3H2,1H3. The Balaban J connectivity index is 3.25. The van der Waals surface area contributed by atoms with Gasteiger partial charge in [-0.25, -0.2) is 13.8 Å². The first-order valence-electron chi connectivity index (χ1n) is 4.58. The number of hydrogen-bond donors (Lipinski definition) is 0. The van der Waals surface area contributed by atoms with Crippen molar-refractivity contribution in [2.75, 3.05) is 7.11 Å². The SMILES string of the molecule is COC(=O)Cc1cnc(Cl)c(CCl)c1C(F)F. The van der Waals surface area contributed by atoms with Gasteiger partial charge in [0.05, 0.1) is 19.4 Å². The third-order valence-electron chi connectivity index (χ3n) is 2.17. The van der Waals surface area contributed by atoms with Gasteiger partial charge < -0.3 is 4.74 Å². The van der Waals surface area contributed by atoms with Gasteiger partial charge in [0.15, 0.2) is 0 Å². The molecule has 94 valence electrons. The van der Waals surface area contributed by atoms with E-state index < -0.39 is 12.4 Å². The number of carbonyl (C=O) groups is 1. The number of halogens is 4. The van der Waals surface area contributed by atoms with E-state index in [-0.39, 0.29) is 34.1 Å². The Morgan fingerprint density at radius 2 is 2.24 bits per heavy atom. The van der Waals surface area contributed by atoms with E-state index in [1.807, 2.05) is 0 Å². The number of esters is 1. The van der Waals surface area contributed by atoms with Crippen molar-refractivity contribution >= 4 is 29.2 Å². The smallest absolute Gasteiger partial charge is 0.310 e. The van der Waals surface area contributed by atoms with Gasteiger partial charge in [-0.2, -0.15) is 0 Å². The number of ether oxygens (including phenoxy) is 1. The highest BCUT2D eigenvalue weighted by Gasteiger charge is 2.22. The van der Waals surface area contributed by atoms with Crippen LogP contribution in [0.15, 0.2) is 6.20 Å². The van der Waals surface area contributed by atoms with Gasteiger partial charge >= 0.3 is 5.97 Å². The van der Waals surface area contributed by atoms with Crippen LogP contribution < -0.4 is 0 Å². The molecule has 0 aliphatic rings. The second kappa shape index (κ2) is 6.12. The summed E-state index contributed by atoms with van der Waals surface area (Å²) in [4.78, 5) is 14.8. The highest BCUT2D eigenvalue weighted by Crippen LogP contribution is 2.31. The van der Waals surface area contributed by atoms with Gasteiger partial charge in [-0.1, -0.05) is 11.6 Å². The second-order valence-electron chi connectivity index (χ2n) is 3.15. The maximum atomic E-state index is 12.9. The fourth-order valence-corrected chi connectivity index (χ4v) is 1.91. The summed E-state index contributed by atoms with van der Waals surface area (Å²) in [5, 5.41) is -0.0797. The lowest BCUT2D eigenvalue weighted by Gasteiger charge is -2.12. The second-order valence-corrected chi connectivity index (χ2v) is 3.78. The highest BCUT2D eigenvalue weighted by atomic mass is 35.5. The van der Waals surface area contributed by atoms with Crippen molar-refractivity contribution in [1.82, 2.24) is 4.98 Å². The number of rotatable bonds is 4. The van der Waals surface area contributed by atoms with Crippen LogP contribution in [-0.2, 0) is 21.8 Å². The molecule has 1 aromatic heterocycles. The van der Waals surface area contributed by atoms with Crippen LogP contribution in [-0.4, -0.2) is 18.1 Å². The van der Waals surface area contributed by atoms with E-state index in [1.165, 1.54) is 7.11 Å². The molecule has 1 rings (SSSR count). The Bertz CT molecular complexity index is 427. The number of aromatic nitrogens is 1. The Morgan fingerprint density at radius 3 is 2.71 bits per heavy atom. The first-order valence-corrected chi connectivity index (χ1v) is 5.49. The predicted octanol–water partition coefficient (Wildman–Crippen LogP) is 3.13. The Morgan fingerprint density at radius 1 is 1.59 bits per heavy atom. The van der Waals surface area contributed by atoms with Crippen molar-refractivity contribution in [3.8, 4) is 0 Å². The number of hydrogen-bond acceptors (Lipinski definition) is 3. The molecule has 0 aliphatic carbocycles. The lowest BCUT2D eigenvalue weighted by Crippen LogP contribution is -2.10. The maximum Gasteiger partial charge on any atom is 0.310 e. The third-order valence-corrected chi connectivity index (χ3v) is 2.76. The number of nitrogens with zero attached hydrogens (tertiary/aromatic N) is 1. The zero-order valence-electron chi connectivity index (χ0n) is 8.84. The van der Waals surface area contributed by atoms with Gasteiger partial charge in [-0.15, -0.1) is 11.6 Å². The zero-order chi connectivity index (χ0) is 13.0. The summed E-state index contributed by atoms with van der Waals surface area (Å²) in [7, 11) is 1.18. The predicted molar refractivity (Wildman–Crippen MR) is 59.5 cm³/mol. The van der Waals surface area contributed by atoms with Gasteiger partial charge in [0.25, 0.3) is 6.43 Å². The number of pyridine rings is 1. The van der Waals surface area contributed by atoms with Crippen LogP contribution in [0.3, 0.4) is 0 Å². The molecule has 7 heteroatoms. The maximum absolute atomic E-state index is 12.9. The molecular weight excluding hydrogens is 275 g/mol. The number of methoxy groups -OCH3 is 1. The monoisotopic (exact) mass is 283 g/mol. The molecule has 1 heterocycles. The van der Waals surface area contributed by atoms with Crippen LogP contribution in [0.2, 0.25) is 5.15 Å². The molecule has 0 aliphatic heterocycles. The zero-order valence-corrected chi connectivity index (χ0v) is 10.4. The summed E-state index contributed by atoms with van der Waals surface area (Å²) in [5.74, 6) is -0.822. The van der Waals surface area contributed by atoms with Crippen molar-refractivity contribution in [1.29, 1.82) is 0 Å². The number of carbonyl (C=O) groups excluding carboxylic acids is 1. The molecule has 0 amide bonds. The van der Waals surface area contributed by atoms with Gasteiger partial charge in [0, 0.05) is 17.3 Å². The normalized spacial score (nSPS) is 10.7. The molecule has 0 radical (unpaired) electrons. The molecule has 0 spiro atoms. The minimum atomic E-state index is -2.77. The third kappa shape index (κ3) is 3.26. The Hall–Kier alpha value is -0.940. The molecule has 1 aromatic rings. The molecule has 0 N–H and O–H groups in total. The Labute approximate surface area is 107 Å². The molecule has 0 bridgehead atoms. The molecule has 0 fully saturated rings. The van der Waals surface area contributed by atoms with Crippen molar-refractivity contribution in [3.05, 3.63) is 28.0 Å². The first kappa shape index (κ1) is 14.1. The van der Waals surface area contributed by atoms with Gasteiger partial charge in [-0.05, 0) is 5.56 Å². The fourth-order valence-electron chi connectivity index (χ4n) is 1.35. The fraction of sp³-hybridized carbons (Fsp3) is 0.400. The lowest BCUT2D eigenvalue weighted by atomic mass is 10.0. The quantitative estimate of drug-likeness (QED) is 0.484. The highest BCUT2D eigenvalue weighted by molar-refractivity contribution is 6.31. The molecule has 0 unspecified atom stereocenters. The van der Waals surface area contributed by atoms with E-state index in [9.17, 15) is 13.6 Å². The summed E-state index contributed by atoms with van der Waals surface area (Å²) in [6.45, 7) is 0. The summed E-state index contributed by atoms with van der Waals surface area (Å²) >= 11 is 11.2.